The Morgan fingerprint density at radius 3 is 2.88 bits per heavy atom. The quantitative estimate of drug-likeness (QED) is 0.533. The second kappa shape index (κ2) is 5.61. The fourth-order valence-electron chi connectivity index (χ4n) is 2.37. The van der Waals surface area contributed by atoms with E-state index in [9.17, 15) is 4.79 Å². The molecule has 1 aliphatic rings. The van der Waals surface area contributed by atoms with E-state index in [0.29, 0.717) is 22.8 Å². The van der Waals surface area contributed by atoms with Crippen LogP contribution in [0.1, 0.15) is 22.8 Å². The first-order valence-corrected chi connectivity index (χ1v) is 8.07. The Bertz CT molecular complexity index is 976. The van der Waals surface area contributed by atoms with Gasteiger partial charge in [0.1, 0.15) is 11.5 Å². The molecular weight excluding hydrogens is 328 g/mol. The fourth-order valence-corrected chi connectivity index (χ4v) is 3.12. The summed E-state index contributed by atoms with van der Waals surface area (Å²) in [6.45, 7) is 3.63. The number of hydrogen-bond donors (Lipinski definition) is 0. The molecule has 0 radical (unpaired) electrons. The number of esters is 1. The molecule has 0 unspecified atom stereocenters. The zero-order valence-electron chi connectivity index (χ0n) is 12.9. The number of rotatable bonds is 3. The third-order valence-electron chi connectivity index (χ3n) is 3.43. The Kier molecular flexibility index (Phi) is 3.42. The van der Waals surface area contributed by atoms with Crippen molar-refractivity contribution in [3.05, 3.63) is 58.3 Å². The number of carbonyl (C=O) groups is 1. The lowest BCUT2D eigenvalue weighted by Crippen LogP contribution is -2.05. The van der Waals surface area contributed by atoms with Gasteiger partial charge in [0.25, 0.3) is 0 Å². The van der Waals surface area contributed by atoms with Crippen LogP contribution in [0.25, 0.3) is 16.8 Å². The standard InChI is InChI=1S/C17H12N2O4S/c1-9-6-12(10(2)22-9)15-19-13(17(20)23-15)7-11-8-24-16(18-11)14-4-3-5-21-14/h3-8H,1-2H3. The first kappa shape index (κ1) is 14.6. The summed E-state index contributed by atoms with van der Waals surface area (Å²) in [5.41, 5.74) is 1.52. The number of ether oxygens (including phenoxy) is 1. The molecule has 0 saturated carbocycles. The molecule has 0 saturated heterocycles. The van der Waals surface area contributed by atoms with Crippen molar-refractivity contribution >= 4 is 29.3 Å². The molecule has 4 rings (SSSR count). The van der Waals surface area contributed by atoms with Gasteiger partial charge in [0.05, 0.1) is 17.5 Å². The topological polar surface area (TPSA) is 77.8 Å². The van der Waals surface area contributed by atoms with Crippen LogP contribution in [0.15, 0.2) is 49.4 Å². The minimum atomic E-state index is -0.504. The SMILES string of the molecule is Cc1cc(C2=NC(=Cc3csc(-c4ccco4)n3)C(=O)O2)c(C)o1. The van der Waals surface area contributed by atoms with Gasteiger partial charge < -0.3 is 13.6 Å². The molecule has 4 heterocycles. The van der Waals surface area contributed by atoms with Gasteiger partial charge in [0.15, 0.2) is 16.5 Å². The molecule has 0 atom stereocenters. The largest absolute Gasteiger partial charge is 0.466 e. The number of aryl methyl sites for hydroxylation is 2. The maximum atomic E-state index is 12.0. The second-order valence-electron chi connectivity index (χ2n) is 5.22. The van der Waals surface area contributed by atoms with Crippen molar-refractivity contribution in [3.8, 4) is 10.8 Å². The molecule has 0 N–H and O–H groups in total. The summed E-state index contributed by atoms with van der Waals surface area (Å²) in [4.78, 5) is 20.7. The lowest BCUT2D eigenvalue weighted by atomic mass is 10.2. The second-order valence-corrected chi connectivity index (χ2v) is 6.08. The fraction of sp³-hybridized carbons (Fsp3) is 0.118. The molecule has 0 aliphatic carbocycles. The molecule has 3 aromatic rings. The van der Waals surface area contributed by atoms with Crippen LogP contribution < -0.4 is 0 Å². The van der Waals surface area contributed by atoms with Crippen molar-refractivity contribution in [2.24, 2.45) is 4.99 Å². The minimum absolute atomic E-state index is 0.208. The van der Waals surface area contributed by atoms with E-state index in [1.807, 2.05) is 18.4 Å². The predicted octanol–water partition coefficient (Wildman–Crippen LogP) is 3.96. The molecule has 0 aromatic carbocycles. The minimum Gasteiger partial charge on any atom is -0.466 e. The normalized spacial score (nSPS) is 15.8. The first-order chi connectivity index (χ1) is 11.6. The van der Waals surface area contributed by atoms with E-state index in [2.05, 4.69) is 9.98 Å². The molecule has 24 heavy (non-hydrogen) atoms. The van der Waals surface area contributed by atoms with E-state index in [1.165, 1.54) is 11.3 Å². The van der Waals surface area contributed by atoms with E-state index >= 15 is 0 Å². The van der Waals surface area contributed by atoms with E-state index in [0.717, 1.165) is 10.8 Å². The summed E-state index contributed by atoms with van der Waals surface area (Å²) >= 11 is 1.43. The van der Waals surface area contributed by atoms with Crippen LogP contribution in [0.3, 0.4) is 0 Å². The van der Waals surface area contributed by atoms with Gasteiger partial charge in [-0.25, -0.2) is 14.8 Å². The summed E-state index contributed by atoms with van der Waals surface area (Å²) in [7, 11) is 0. The Labute approximate surface area is 141 Å². The summed E-state index contributed by atoms with van der Waals surface area (Å²) in [6.07, 6.45) is 3.19. The summed E-state index contributed by atoms with van der Waals surface area (Å²) < 4.78 is 16.0. The van der Waals surface area contributed by atoms with Crippen LogP contribution in [0.5, 0.6) is 0 Å². The van der Waals surface area contributed by atoms with Crippen LogP contribution in [-0.2, 0) is 9.53 Å². The van der Waals surface area contributed by atoms with Gasteiger partial charge in [-0.05, 0) is 38.1 Å². The van der Waals surface area contributed by atoms with Gasteiger partial charge in [-0.2, -0.15) is 0 Å². The smallest absolute Gasteiger partial charge is 0.363 e. The van der Waals surface area contributed by atoms with E-state index < -0.39 is 5.97 Å². The Hall–Kier alpha value is -2.93. The van der Waals surface area contributed by atoms with Crippen molar-refractivity contribution in [2.45, 2.75) is 13.8 Å². The van der Waals surface area contributed by atoms with Crippen LogP contribution in [0, 0.1) is 13.8 Å². The van der Waals surface area contributed by atoms with Gasteiger partial charge in [-0.15, -0.1) is 11.3 Å². The number of thiazole rings is 1. The number of cyclic esters (lactones) is 1. The molecule has 6 nitrogen and oxygen atoms in total. The molecule has 0 amide bonds. The number of carbonyl (C=O) groups excluding carboxylic acids is 1. The lowest BCUT2D eigenvalue weighted by molar-refractivity contribution is -0.129. The van der Waals surface area contributed by atoms with E-state index in [1.54, 1.807) is 31.4 Å². The number of hydrogen-bond acceptors (Lipinski definition) is 7. The molecule has 0 bridgehead atoms. The maximum Gasteiger partial charge on any atom is 0.363 e. The van der Waals surface area contributed by atoms with Crippen molar-refractivity contribution in [1.29, 1.82) is 0 Å². The van der Waals surface area contributed by atoms with Crippen LogP contribution in [0.4, 0.5) is 0 Å². The zero-order valence-corrected chi connectivity index (χ0v) is 13.7. The molecular formula is C17H12N2O4S. The number of nitrogens with zero attached hydrogens (tertiary/aromatic N) is 2. The van der Waals surface area contributed by atoms with Gasteiger partial charge in [-0.3, -0.25) is 0 Å². The average Bonchev–Trinajstić information content (AvgIpc) is 3.28. The van der Waals surface area contributed by atoms with Crippen molar-refractivity contribution in [3.63, 3.8) is 0 Å². The number of furan rings is 2. The number of aliphatic imine (C=N–C) groups is 1. The van der Waals surface area contributed by atoms with Crippen LogP contribution in [0.2, 0.25) is 0 Å². The molecule has 0 spiro atoms. The Morgan fingerprint density at radius 1 is 1.29 bits per heavy atom. The van der Waals surface area contributed by atoms with Gasteiger partial charge in [-0.1, -0.05) is 0 Å². The molecule has 0 fully saturated rings. The highest BCUT2D eigenvalue weighted by Gasteiger charge is 2.27. The van der Waals surface area contributed by atoms with Crippen LogP contribution >= 0.6 is 11.3 Å². The predicted molar refractivity (Wildman–Crippen MR) is 88.6 cm³/mol. The molecule has 120 valence electrons. The monoisotopic (exact) mass is 340 g/mol. The highest BCUT2D eigenvalue weighted by Crippen LogP contribution is 2.27. The van der Waals surface area contributed by atoms with Crippen molar-refractivity contribution < 1.29 is 18.4 Å². The van der Waals surface area contributed by atoms with E-state index in [4.69, 9.17) is 13.6 Å². The molecule has 7 heteroatoms. The third kappa shape index (κ3) is 2.59. The maximum absolute atomic E-state index is 12.0. The van der Waals surface area contributed by atoms with Gasteiger partial charge in [0.2, 0.25) is 5.90 Å². The van der Waals surface area contributed by atoms with Gasteiger partial charge >= 0.3 is 5.97 Å². The highest BCUT2D eigenvalue weighted by atomic mass is 32.1. The summed E-state index contributed by atoms with van der Waals surface area (Å²) in [6, 6.07) is 5.43. The first-order valence-electron chi connectivity index (χ1n) is 7.19. The zero-order chi connectivity index (χ0) is 16.7. The summed E-state index contributed by atoms with van der Waals surface area (Å²) in [5, 5.41) is 2.57. The Balaban J connectivity index is 1.65. The van der Waals surface area contributed by atoms with Crippen molar-refractivity contribution in [1.82, 2.24) is 4.98 Å². The van der Waals surface area contributed by atoms with Gasteiger partial charge in [0, 0.05) is 5.38 Å². The summed E-state index contributed by atoms with van der Waals surface area (Å²) in [5.74, 6) is 1.83. The third-order valence-corrected chi connectivity index (χ3v) is 4.31. The average molecular weight is 340 g/mol. The molecule has 3 aromatic heterocycles. The highest BCUT2D eigenvalue weighted by molar-refractivity contribution is 7.13. The lowest BCUT2D eigenvalue weighted by Gasteiger charge is -1.95. The van der Waals surface area contributed by atoms with Crippen LogP contribution in [-0.4, -0.2) is 16.9 Å². The van der Waals surface area contributed by atoms with Crippen molar-refractivity contribution in [2.75, 3.05) is 0 Å². The number of aromatic nitrogens is 1. The van der Waals surface area contributed by atoms with E-state index in [-0.39, 0.29) is 11.6 Å². The molecule has 1 aliphatic heterocycles. The Morgan fingerprint density at radius 2 is 2.17 bits per heavy atom.